The summed E-state index contributed by atoms with van der Waals surface area (Å²) in [6.45, 7) is 1.90. The van der Waals surface area contributed by atoms with E-state index in [1.807, 2.05) is 6.92 Å². The van der Waals surface area contributed by atoms with E-state index in [4.69, 9.17) is 4.74 Å². The molecule has 0 N–H and O–H groups in total. The van der Waals surface area contributed by atoms with E-state index in [9.17, 15) is 12.8 Å². The van der Waals surface area contributed by atoms with E-state index in [-0.39, 0.29) is 10.6 Å². The zero-order valence-corrected chi connectivity index (χ0v) is 15.3. The maximum atomic E-state index is 13.5. The molecule has 2 aromatic carbocycles. The van der Waals surface area contributed by atoms with Crippen LogP contribution in [0.2, 0.25) is 0 Å². The summed E-state index contributed by atoms with van der Waals surface area (Å²) in [5, 5.41) is 2.15. The summed E-state index contributed by atoms with van der Waals surface area (Å²) in [5.41, 5.74) is 1.99. The average Bonchev–Trinajstić information content (AvgIpc) is 3.03. The minimum absolute atomic E-state index is 0.196. The van der Waals surface area contributed by atoms with Crippen LogP contribution in [0.4, 0.5) is 4.39 Å². The highest BCUT2D eigenvalue weighted by Gasteiger charge is 2.19. The second-order valence-corrected chi connectivity index (χ2v) is 8.48. The molecule has 0 unspecified atom stereocenters. The van der Waals surface area contributed by atoms with Crippen LogP contribution in [-0.2, 0) is 15.6 Å². The van der Waals surface area contributed by atoms with Crippen molar-refractivity contribution in [3.63, 3.8) is 0 Å². The van der Waals surface area contributed by atoms with E-state index in [1.54, 1.807) is 29.6 Å². The van der Waals surface area contributed by atoms with Gasteiger partial charge in [-0.3, -0.25) is 0 Å². The van der Waals surface area contributed by atoms with Gasteiger partial charge < -0.3 is 4.74 Å². The van der Waals surface area contributed by atoms with Gasteiger partial charge in [0.1, 0.15) is 22.3 Å². The molecule has 0 fully saturated rings. The van der Waals surface area contributed by atoms with Crippen molar-refractivity contribution in [2.45, 2.75) is 17.6 Å². The van der Waals surface area contributed by atoms with Crippen molar-refractivity contribution in [3.8, 4) is 17.0 Å². The van der Waals surface area contributed by atoms with E-state index in [1.165, 1.54) is 36.6 Å². The highest BCUT2D eigenvalue weighted by molar-refractivity contribution is 7.90. The monoisotopic (exact) mass is 377 g/mol. The molecule has 130 valence electrons. The lowest BCUT2D eigenvalue weighted by Gasteiger charge is -2.06. The minimum Gasteiger partial charge on any atom is -0.496 e. The van der Waals surface area contributed by atoms with E-state index in [0.29, 0.717) is 22.0 Å². The second-order valence-electron chi connectivity index (χ2n) is 5.54. The summed E-state index contributed by atoms with van der Waals surface area (Å²) in [4.78, 5) is 4.61. The van der Waals surface area contributed by atoms with Crippen molar-refractivity contribution in [2.24, 2.45) is 0 Å². The SMILES string of the molecule is COc1ccc(F)cc1-c1csc(CS(=O)(=O)c2ccc(C)cc2)n1. The quantitative estimate of drug-likeness (QED) is 0.667. The van der Waals surface area contributed by atoms with Crippen LogP contribution >= 0.6 is 11.3 Å². The molecule has 25 heavy (non-hydrogen) atoms. The van der Waals surface area contributed by atoms with Crippen LogP contribution in [0.5, 0.6) is 5.75 Å². The Hall–Kier alpha value is -2.25. The predicted octanol–water partition coefficient (Wildman–Crippen LogP) is 4.24. The number of nitrogens with zero attached hydrogens (tertiary/aromatic N) is 1. The Kier molecular flexibility index (Phi) is 4.87. The Bertz CT molecular complexity index is 995. The lowest BCUT2D eigenvalue weighted by Crippen LogP contribution is -2.04. The van der Waals surface area contributed by atoms with Gasteiger partial charge in [-0.25, -0.2) is 17.8 Å². The van der Waals surface area contributed by atoms with Crippen molar-refractivity contribution in [1.82, 2.24) is 4.98 Å². The van der Waals surface area contributed by atoms with Crippen molar-refractivity contribution in [2.75, 3.05) is 7.11 Å². The molecule has 7 heteroatoms. The molecule has 0 saturated heterocycles. The minimum atomic E-state index is -3.48. The molecule has 1 heterocycles. The Balaban J connectivity index is 1.89. The maximum Gasteiger partial charge on any atom is 0.184 e. The molecular formula is C18H16FNO3S2. The number of sulfone groups is 1. The molecule has 3 aromatic rings. The third-order valence-electron chi connectivity index (χ3n) is 3.68. The van der Waals surface area contributed by atoms with E-state index < -0.39 is 15.7 Å². The Morgan fingerprint density at radius 1 is 1.16 bits per heavy atom. The number of methoxy groups -OCH3 is 1. The molecule has 4 nitrogen and oxygen atoms in total. The fraction of sp³-hybridized carbons (Fsp3) is 0.167. The number of thiazole rings is 1. The molecule has 0 saturated carbocycles. The molecule has 0 bridgehead atoms. The van der Waals surface area contributed by atoms with Crippen LogP contribution in [0.15, 0.2) is 52.7 Å². The molecule has 0 radical (unpaired) electrons. The fourth-order valence-corrected chi connectivity index (χ4v) is 4.80. The summed E-state index contributed by atoms with van der Waals surface area (Å²) >= 11 is 1.23. The van der Waals surface area contributed by atoms with Crippen LogP contribution in [0.3, 0.4) is 0 Å². The number of hydrogen-bond acceptors (Lipinski definition) is 5. The van der Waals surface area contributed by atoms with Crippen LogP contribution in [0.1, 0.15) is 10.6 Å². The van der Waals surface area contributed by atoms with Gasteiger partial charge in [0.05, 0.1) is 17.7 Å². The summed E-state index contributed by atoms with van der Waals surface area (Å²) in [7, 11) is -1.99. The number of benzene rings is 2. The third-order valence-corrected chi connectivity index (χ3v) is 6.36. The molecule has 1 aromatic heterocycles. The molecule has 0 aliphatic carbocycles. The highest BCUT2D eigenvalue weighted by Crippen LogP contribution is 2.32. The number of rotatable bonds is 5. The van der Waals surface area contributed by atoms with Gasteiger partial charge in [0.25, 0.3) is 0 Å². The van der Waals surface area contributed by atoms with E-state index >= 15 is 0 Å². The number of aromatic nitrogens is 1. The van der Waals surface area contributed by atoms with Crippen LogP contribution < -0.4 is 4.74 Å². The van der Waals surface area contributed by atoms with Gasteiger partial charge in [-0.1, -0.05) is 17.7 Å². The molecule has 0 atom stereocenters. The standard InChI is InChI=1S/C18H16FNO3S2/c1-12-3-6-14(7-4-12)25(21,22)11-18-20-16(10-24-18)15-9-13(19)5-8-17(15)23-2/h3-10H,11H2,1-2H3. The van der Waals surface area contributed by atoms with E-state index in [0.717, 1.165) is 5.56 Å². The summed E-state index contributed by atoms with van der Waals surface area (Å²) < 4.78 is 43.8. The van der Waals surface area contributed by atoms with Crippen molar-refractivity contribution in [3.05, 3.63) is 64.2 Å². The van der Waals surface area contributed by atoms with Gasteiger partial charge in [0.15, 0.2) is 9.84 Å². The number of halogens is 1. The molecule has 0 aliphatic heterocycles. The molecule has 3 rings (SSSR count). The van der Waals surface area contributed by atoms with Crippen molar-refractivity contribution >= 4 is 21.2 Å². The smallest absolute Gasteiger partial charge is 0.184 e. The fourth-order valence-electron chi connectivity index (χ4n) is 2.37. The first-order valence-electron chi connectivity index (χ1n) is 7.47. The lowest BCUT2D eigenvalue weighted by atomic mass is 10.1. The first kappa shape index (κ1) is 17.6. The zero-order chi connectivity index (χ0) is 18.0. The van der Waals surface area contributed by atoms with Gasteiger partial charge >= 0.3 is 0 Å². The largest absolute Gasteiger partial charge is 0.496 e. The summed E-state index contributed by atoms with van der Waals surface area (Å²) in [6.07, 6.45) is 0. The normalized spacial score (nSPS) is 11.5. The number of aryl methyl sites for hydroxylation is 1. The summed E-state index contributed by atoms with van der Waals surface area (Å²) in [6, 6.07) is 10.9. The second kappa shape index (κ2) is 6.93. The Morgan fingerprint density at radius 2 is 1.88 bits per heavy atom. The first-order chi connectivity index (χ1) is 11.9. The Labute approximate surface area is 149 Å². The zero-order valence-electron chi connectivity index (χ0n) is 13.7. The van der Waals surface area contributed by atoms with Crippen LogP contribution in [0.25, 0.3) is 11.3 Å². The van der Waals surface area contributed by atoms with Gasteiger partial charge in [-0.2, -0.15) is 0 Å². The first-order valence-corrected chi connectivity index (χ1v) is 10.00. The van der Waals surface area contributed by atoms with Gasteiger partial charge in [-0.15, -0.1) is 11.3 Å². The van der Waals surface area contributed by atoms with Gasteiger partial charge in [-0.05, 0) is 37.3 Å². The number of hydrogen-bond donors (Lipinski definition) is 0. The predicted molar refractivity (Wildman–Crippen MR) is 96.1 cm³/mol. The van der Waals surface area contributed by atoms with Gasteiger partial charge in [0.2, 0.25) is 0 Å². The maximum absolute atomic E-state index is 13.5. The summed E-state index contributed by atoms with van der Waals surface area (Å²) in [5.74, 6) is -0.115. The molecule has 0 amide bonds. The third kappa shape index (κ3) is 3.88. The Morgan fingerprint density at radius 3 is 2.56 bits per heavy atom. The highest BCUT2D eigenvalue weighted by atomic mass is 32.2. The van der Waals surface area contributed by atoms with Crippen LogP contribution in [-0.4, -0.2) is 20.5 Å². The molecular weight excluding hydrogens is 361 g/mol. The average molecular weight is 377 g/mol. The lowest BCUT2D eigenvalue weighted by molar-refractivity contribution is 0.415. The van der Waals surface area contributed by atoms with Crippen molar-refractivity contribution in [1.29, 1.82) is 0 Å². The molecule has 0 spiro atoms. The van der Waals surface area contributed by atoms with E-state index in [2.05, 4.69) is 4.98 Å². The van der Waals surface area contributed by atoms with Crippen LogP contribution in [0, 0.1) is 12.7 Å². The topological polar surface area (TPSA) is 56.3 Å². The van der Waals surface area contributed by atoms with Gasteiger partial charge in [0, 0.05) is 10.9 Å². The van der Waals surface area contributed by atoms with Crippen molar-refractivity contribution < 1.29 is 17.5 Å². The molecule has 0 aliphatic rings. The number of ether oxygens (including phenoxy) is 1.